The third kappa shape index (κ3) is 5.19. The molecule has 0 spiro atoms. The van der Waals surface area contributed by atoms with Gasteiger partial charge in [-0.15, -0.1) is 0 Å². The summed E-state index contributed by atoms with van der Waals surface area (Å²) in [6.45, 7) is 17.2. The van der Waals surface area contributed by atoms with E-state index in [1.165, 1.54) is 27.7 Å². The number of aliphatic hydroxyl groups excluding tert-OH is 1. The van der Waals surface area contributed by atoms with E-state index < -0.39 is 71.1 Å². The lowest BCUT2D eigenvalue weighted by Gasteiger charge is -2.59. The van der Waals surface area contributed by atoms with Gasteiger partial charge in [0.1, 0.15) is 12.2 Å². The van der Waals surface area contributed by atoms with Crippen molar-refractivity contribution >= 4 is 23.9 Å². The summed E-state index contributed by atoms with van der Waals surface area (Å²) < 4.78 is 23.4. The second kappa shape index (κ2) is 10.2. The Morgan fingerprint density at radius 2 is 1.38 bits per heavy atom. The van der Waals surface area contributed by atoms with Crippen LogP contribution < -0.4 is 0 Å². The van der Waals surface area contributed by atoms with Gasteiger partial charge < -0.3 is 24.1 Å². The minimum Gasteiger partial charge on any atom is -0.462 e. The summed E-state index contributed by atoms with van der Waals surface area (Å²) in [4.78, 5) is 49.2. The smallest absolute Gasteiger partial charge is 0.303 e. The summed E-state index contributed by atoms with van der Waals surface area (Å²) >= 11 is 0. The highest BCUT2D eigenvalue weighted by Gasteiger charge is 2.64. The van der Waals surface area contributed by atoms with Gasteiger partial charge >= 0.3 is 23.9 Å². The van der Waals surface area contributed by atoms with Crippen LogP contribution in [0.25, 0.3) is 0 Å². The van der Waals surface area contributed by atoms with E-state index in [2.05, 4.69) is 6.58 Å². The summed E-state index contributed by atoms with van der Waals surface area (Å²) in [5, 5.41) is 11.0. The topological polar surface area (TPSA) is 125 Å². The molecule has 8 atom stereocenters. The fourth-order valence-electron chi connectivity index (χ4n) is 7.01. The lowest BCUT2D eigenvalue weighted by molar-refractivity contribution is -0.211. The van der Waals surface area contributed by atoms with E-state index in [1.807, 2.05) is 27.7 Å². The molecule has 0 heterocycles. The van der Waals surface area contributed by atoms with Crippen molar-refractivity contribution in [2.75, 3.05) is 0 Å². The van der Waals surface area contributed by atoms with E-state index in [0.717, 1.165) is 11.1 Å². The zero-order chi connectivity index (χ0) is 28.0. The van der Waals surface area contributed by atoms with Crippen molar-refractivity contribution in [1.82, 2.24) is 0 Å². The average Bonchev–Trinajstić information content (AvgIpc) is 2.74. The predicted molar refractivity (Wildman–Crippen MR) is 133 cm³/mol. The van der Waals surface area contributed by atoms with Crippen molar-refractivity contribution in [3.8, 4) is 0 Å². The number of carbonyl (C=O) groups is 4. The first kappa shape index (κ1) is 28.9. The molecule has 2 bridgehead atoms. The van der Waals surface area contributed by atoms with Gasteiger partial charge in [-0.1, -0.05) is 27.4 Å². The van der Waals surface area contributed by atoms with Crippen LogP contribution in [0, 0.1) is 22.7 Å². The summed E-state index contributed by atoms with van der Waals surface area (Å²) in [6.07, 6.45) is -3.39. The van der Waals surface area contributed by atoms with Crippen LogP contribution in [0.3, 0.4) is 0 Å². The molecule has 3 aliphatic rings. The maximum absolute atomic E-state index is 12.5. The fourth-order valence-corrected chi connectivity index (χ4v) is 7.01. The molecule has 3 rings (SSSR count). The van der Waals surface area contributed by atoms with Crippen molar-refractivity contribution in [3.05, 3.63) is 23.3 Å². The summed E-state index contributed by atoms with van der Waals surface area (Å²) in [6, 6.07) is 0. The molecule has 0 aliphatic heterocycles. The summed E-state index contributed by atoms with van der Waals surface area (Å²) in [7, 11) is 0. The standard InChI is InChI=1S/C28H40O9/c1-13-20-10-19-11-22(34-15(3)29)14(2)24(27(19,7)8)25(36-17(5)31)26(37-18(6)32)28(20,9)23(12-21(13)33)35-16(4)30/h19-23,25-26,33H,1,10-12H2,2-9H3/t19-,20+,21-,22-,23-,25+,26-,28-/m0/s1. The quantitative estimate of drug-likeness (QED) is 0.337. The first-order chi connectivity index (χ1) is 17.0. The van der Waals surface area contributed by atoms with Gasteiger partial charge in [0.05, 0.1) is 11.5 Å². The molecule has 1 N–H and O–H groups in total. The SMILES string of the molecule is C=C1[C@H]2C[C@H]3C[C@H](OC(C)=O)C(C)=C([C@@H](OC(C)=O)[C@H](OC(C)=O)[C@]2(C)[C@@H](OC(C)=O)C[C@@H]1O)C3(C)C. The Bertz CT molecular complexity index is 1020. The van der Waals surface area contributed by atoms with Crippen LogP contribution in [0.4, 0.5) is 0 Å². The van der Waals surface area contributed by atoms with Crippen molar-refractivity contribution in [2.24, 2.45) is 22.7 Å². The van der Waals surface area contributed by atoms with Crippen LogP contribution in [0.5, 0.6) is 0 Å². The van der Waals surface area contributed by atoms with E-state index >= 15 is 0 Å². The van der Waals surface area contributed by atoms with Gasteiger partial charge in [0.15, 0.2) is 12.2 Å². The molecule has 9 heteroatoms. The second-order valence-corrected chi connectivity index (χ2v) is 11.5. The molecule has 0 amide bonds. The first-order valence-corrected chi connectivity index (χ1v) is 12.8. The van der Waals surface area contributed by atoms with Gasteiger partial charge in [-0.2, -0.15) is 0 Å². The Balaban J connectivity index is 2.38. The molecule has 0 aromatic heterocycles. The third-order valence-corrected chi connectivity index (χ3v) is 8.77. The summed E-state index contributed by atoms with van der Waals surface area (Å²) in [5.41, 5.74) is 0.358. The van der Waals surface area contributed by atoms with Gasteiger partial charge in [0.2, 0.25) is 0 Å². The average molecular weight is 521 g/mol. The highest BCUT2D eigenvalue weighted by atomic mass is 16.6. The Kier molecular flexibility index (Phi) is 7.99. The largest absolute Gasteiger partial charge is 0.462 e. The Labute approximate surface area is 218 Å². The van der Waals surface area contributed by atoms with Crippen LogP contribution in [0.2, 0.25) is 0 Å². The molecule has 206 valence electrons. The van der Waals surface area contributed by atoms with Crippen molar-refractivity contribution in [1.29, 1.82) is 0 Å². The first-order valence-electron chi connectivity index (χ1n) is 12.8. The van der Waals surface area contributed by atoms with Crippen LogP contribution in [0.15, 0.2) is 23.3 Å². The molecule has 0 aromatic carbocycles. The van der Waals surface area contributed by atoms with Crippen molar-refractivity contribution in [2.45, 2.75) is 105 Å². The van der Waals surface area contributed by atoms with Gasteiger partial charge in [-0.25, -0.2) is 0 Å². The Hall–Kier alpha value is -2.68. The monoisotopic (exact) mass is 520 g/mol. The van der Waals surface area contributed by atoms with Gasteiger partial charge in [-0.05, 0) is 53.7 Å². The molecule has 37 heavy (non-hydrogen) atoms. The molecule has 0 aromatic rings. The van der Waals surface area contributed by atoms with Crippen LogP contribution in [-0.4, -0.2) is 59.5 Å². The highest BCUT2D eigenvalue weighted by Crippen LogP contribution is 2.60. The fraction of sp³-hybridized carbons (Fsp3) is 0.714. The molecule has 0 saturated heterocycles. The Morgan fingerprint density at radius 1 is 0.838 bits per heavy atom. The molecular formula is C28H40O9. The molecule has 2 saturated carbocycles. The Morgan fingerprint density at radius 3 is 1.89 bits per heavy atom. The van der Waals surface area contributed by atoms with Gasteiger partial charge in [0.25, 0.3) is 0 Å². The molecule has 0 unspecified atom stereocenters. The van der Waals surface area contributed by atoms with Crippen LogP contribution in [0.1, 0.15) is 74.7 Å². The van der Waals surface area contributed by atoms with E-state index in [1.54, 1.807) is 0 Å². The molecule has 9 nitrogen and oxygen atoms in total. The zero-order valence-electron chi connectivity index (χ0n) is 23.1. The van der Waals surface area contributed by atoms with E-state index in [0.29, 0.717) is 18.4 Å². The number of rotatable bonds is 4. The van der Waals surface area contributed by atoms with Gasteiger partial charge in [0, 0.05) is 34.1 Å². The molecular weight excluding hydrogens is 480 g/mol. The predicted octanol–water partition coefficient (Wildman–Crippen LogP) is 3.42. The zero-order valence-corrected chi connectivity index (χ0v) is 23.1. The lowest BCUT2D eigenvalue weighted by atomic mass is 9.49. The maximum Gasteiger partial charge on any atom is 0.303 e. The molecule has 2 fully saturated rings. The number of ether oxygens (including phenoxy) is 4. The number of hydrogen-bond acceptors (Lipinski definition) is 9. The summed E-state index contributed by atoms with van der Waals surface area (Å²) in [5.74, 6) is -2.70. The van der Waals surface area contributed by atoms with Crippen molar-refractivity contribution < 1.29 is 43.2 Å². The maximum atomic E-state index is 12.5. The normalized spacial score (nSPS) is 36.9. The number of fused-ring (bicyclic) bond motifs is 3. The minimum absolute atomic E-state index is 0.0676. The number of carbonyl (C=O) groups excluding carboxylic acids is 4. The van der Waals surface area contributed by atoms with Crippen molar-refractivity contribution in [3.63, 3.8) is 0 Å². The van der Waals surface area contributed by atoms with E-state index in [-0.39, 0.29) is 12.3 Å². The minimum atomic E-state index is -1.08. The molecule has 3 aliphatic carbocycles. The highest BCUT2D eigenvalue weighted by molar-refractivity contribution is 5.69. The number of hydrogen-bond donors (Lipinski definition) is 1. The molecule has 0 radical (unpaired) electrons. The van der Waals surface area contributed by atoms with Crippen LogP contribution in [-0.2, 0) is 38.1 Å². The lowest BCUT2D eigenvalue weighted by Crippen LogP contribution is -2.64. The van der Waals surface area contributed by atoms with E-state index in [9.17, 15) is 24.3 Å². The van der Waals surface area contributed by atoms with Gasteiger partial charge in [-0.3, -0.25) is 19.2 Å². The second-order valence-electron chi connectivity index (χ2n) is 11.5. The van der Waals surface area contributed by atoms with Crippen LogP contribution >= 0.6 is 0 Å². The third-order valence-electron chi connectivity index (χ3n) is 8.77. The number of esters is 4. The number of aliphatic hydroxyl groups is 1. The van der Waals surface area contributed by atoms with E-state index in [4.69, 9.17) is 18.9 Å².